The molecule has 1 aliphatic carbocycles. The fourth-order valence-electron chi connectivity index (χ4n) is 3.22. The van der Waals surface area contributed by atoms with Crippen molar-refractivity contribution >= 4 is 17.1 Å². The average molecular weight is 291 g/mol. The number of hydrogen-bond acceptors (Lipinski definition) is 4. The van der Waals surface area contributed by atoms with Crippen molar-refractivity contribution in [3.05, 3.63) is 28.3 Å². The molecule has 0 unspecified atom stereocenters. The summed E-state index contributed by atoms with van der Waals surface area (Å²) in [4.78, 5) is 13.2. The number of nitrogens with zero attached hydrogens (tertiary/aromatic N) is 2. The number of benzene rings is 1. The van der Waals surface area contributed by atoms with Gasteiger partial charge in [-0.1, -0.05) is 19.3 Å². The first-order valence-corrected chi connectivity index (χ1v) is 7.95. The van der Waals surface area contributed by atoms with E-state index in [-0.39, 0.29) is 10.6 Å². The van der Waals surface area contributed by atoms with E-state index in [1.54, 1.807) is 12.1 Å². The molecule has 1 N–H and O–H groups in total. The van der Waals surface area contributed by atoms with E-state index in [9.17, 15) is 10.1 Å². The summed E-state index contributed by atoms with van der Waals surface area (Å²) in [5, 5.41) is 14.4. The Labute approximate surface area is 126 Å². The van der Waals surface area contributed by atoms with Gasteiger partial charge in [-0.2, -0.15) is 0 Å². The highest BCUT2D eigenvalue weighted by Gasteiger charge is 2.22. The predicted molar refractivity (Wildman–Crippen MR) is 87.2 cm³/mol. The minimum Gasteiger partial charge on any atom is -0.385 e. The van der Waals surface area contributed by atoms with Gasteiger partial charge in [-0.3, -0.25) is 10.1 Å². The Morgan fingerprint density at radius 3 is 2.52 bits per heavy atom. The summed E-state index contributed by atoms with van der Waals surface area (Å²) in [7, 11) is 0. The molecule has 1 aromatic rings. The van der Waals surface area contributed by atoms with Crippen LogP contribution < -0.4 is 10.2 Å². The number of nitrogens with one attached hydrogen (secondary N) is 1. The third-order valence-electron chi connectivity index (χ3n) is 4.18. The maximum Gasteiger partial charge on any atom is 0.273 e. The van der Waals surface area contributed by atoms with Crippen LogP contribution in [0, 0.1) is 10.1 Å². The van der Waals surface area contributed by atoms with Gasteiger partial charge in [0.2, 0.25) is 0 Å². The first-order valence-electron chi connectivity index (χ1n) is 7.95. The van der Waals surface area contributed by atoms with Crippen molar-refractivity contribution in [2.45, 2.75) is 52.0 Å². The lowest BCUT2D eigenvalue weighted by Gasteiger charge is -2.35. The van der Waals surface area contributed by atoms with Crippen LogP contribution in [0.3, 0.4) is 0 Å². The summed E-state index contributed by atoms with van der Waals surface area (Å²) in [6.07, 6.45) is 6.21. The molecule has 1 aliphatic rings. The highest BCUT2D eigenvalue weighted by atomic mass is 16.6. The van der Waals surface area contributed by atoms with Crippen molar-refractivity contribution in [2.24, 2.45) is 0 Å². The highest BCUT2D eigenvalue weighted by molar-refractivity contribution is 5.65. The minimum atomic E-state index is -0.306. The molecule has 0 amide bonds. The maximum atomic E-state index is 11.2. The first kappa shape index (κ1) is 15.6. The van der Waals surface area contributed by atoms with Crippen LogP contribution in [0.15, 0.2) is 18.2 Å². The van der Waals surface area contributed by atoms with E-state index in [2.05, 4.69) is 17.1 Å². The lowest BCUT2D eigenvalue weighted by Crippen LogP contribution is -2.36. The molecule has 0 aliphatic heterocycles. The summed E-state index contributed by atoms with van der Waals surface area (Å²) in [6.45, 7) is 5.77. The highest BCUT2D eigenvalue weighted by Crippen LogP contribution is 2.32. The molecule has 21 heavy (non-hydrogen) atoms. The molecule has 1 fully saturated rings. The molecule has 5 nitrogen and oxygen atoms in total. The molecule has 0 atom stereocenters. The largest absolute Gasteiger partial charge is 0.385 e. The molecule has 1 saturated carbocycles. The van der Waals surface area contributed by atoms with Crippen molar-refractivity contribution in [3.8, 4) is 0 Å². The zero-order valence-corrected chi connectivity index (χ0v) is 13.0. The van der Waals surface area contributed by atoms with Crippen LogP contribution in [-0.4, -0.2) is 24.1 Å². The second-order valence-corrected chi connectivity index (χ2v) is 5.60. The van der Waals surface area contributed by atoms with E-state index in [0.717, 1.165) is 24.5 Å². The van der Waals surface area contributed by atoms with Crippen LogP contribution in [0.25, 0.3) is 0 Å². The van der Waals surface area contributed by atoms with Crippen LogP contribution in [0.4, 0.5) is 17.1 Å². The second-order valence-electron chi connectivity index (χ2n) is 5.60. The molecule has 0 spiro atoms. The van der Waals surface area contributed by atoms with Gasteiger partial charge in [0, 0.05) is 42.6 Å². The Balaban J connectivity index is 2.31. The summed E-state index contributed by atoms with van der Waals surface area (Å²) in [6, 6.07) is 5.87. The normalized spacial score (nSPS) is 15.7. The lowest BCUT2D eigenvalue weighted by atomic mass is 9.93. The average Bonchev–Trinajstić information content (AvgIpc) is 2.49. The van der Waals surface area contributed by atoms with Gasteiger partial charge in [-0.15, -0.1) is 0 Å². The Hall–Kier alpha value is -1.78. The smallest absolute Gasteiger partial charge is 0.273 e. The van der Waals surface area contributed by atoms with Gasteiger partial charge >= 0.3 is 0 Å². The zero-order valence-electron chi connectivity index (χ0n) is 13.0. The molecule has 2 rings (SSSR count). The second kappa shape index (κ2) is 7.29. The van der Waals surface area contributed by atoms with Gasteiger partial charge in [0.05, 0.1) is 4.92 Å². The van der Waals surface area contributed by atoms with E-state index in [1.807, 2.05) is 13.0 Å². The molecule has 116 valence electrons. The SMILES string of the molecule is CCNc1cc(N(CC)C2CCCCC2)cc([N+](=O)[O-])c1. The molecular weight excluding hydrogens is 266 g/mol. The van der Waals surface area contributed by atoms with Crippen molar-refractivity contribution in [1.29, 1.82) is 0 Å². The van der Waals surface area contributed by atoms with E-state index in [4.69, 9.17) is 0 Å². The molecule has 0 bridgehead atoms. The fourth-order valence-corrected chi connectivity index (χ4v) is 3.22. The van der Waals surface area contributed by atoms with E-state index in [1.165, 1.54) is 32.1 Å². The summed E-state index contributed by atoms with van der Waals surface area (Å²) in [5.74, 6) is 0. The molecule has 5 heteroatoms. The number of anilines is 2. The van der Waals surface area contributed by atoms with Crippen LogP contribution >= 0.6 is 0 Å². The van der Waals surface area contributed by atoms with Crippen molar-refractivity contribution in [2.75, 3.05) is 23.3 Å². The van der Waals surface area contributed by atoms with Gasteiger partial charge in [-0.05, 0) is 32.8 Å². The van der Waals surface area contributed by atoms with E-state index in [0.29, 0.717) is 6.04 Å². The van der Waals surface area contributed by atoms with Crippen molar-refractivity contribution < 1.29 is 4.92 Å². The van der Waals surface area contributed by atoms with Crippen LogP contribution in [0.5, 0.6) is 0 Å². The summed E-state index contributed by atoms with van der Waals surface area (Å²) >= 11 is 0. The maximum absolute atomic E-state index is 11.2. The predicted octanol–water partition coefficient (Wildman–Crippen LogP) is 4.19. The van der Waals surface area contributed by atoms with Gasteiger partial charge in [-0.25, -0.2) is 0 Å². The van der Waals surface area contributed by atoms with Crippen LogP contribution in [-0.2, 0) is 0 Å². The summed E-state index contributed by atoms with van der Waals surface area (Å²) in [5.41, 5.74) is 1.96. The van der Waals surface area contributed by atoms with Gasteiger partial charge < -0.3 is 10.2 Å². The van der Waals surface area contributed by atoms with Crippen molar-refractivity contribution in [1.82, 2.24) is 0 Å². The van der Waals surface area contributed by atoms with Crippen molar-refractivity contribution in [3.63, 3.8) is 0 Å². The Bertz CT molecular complexity index is 484. The monoisotopic (exact) mass is 291 g/mol. The standard InChI is InChI=1S/C16H25N3O2/c1-3-17-13-10-15(12-16(11-13)19(20)21)18(4-2)14-8-6-5-7-9-14/h10-12,14,17H,3-9H2,1-2H3. The zero-order chi connectivity index (χ0) is 15.2. The fraction of sp³-hybridized carbons (Fsp3) is 0.625. The quantitative estimate of drug-likeness (QED) is 0.631. The Kier molecular flexibility index (Phi) is 5.42. The molecule has 1 aromatic carbocycles. The Morgan fingerprint density at radius 1 is 1.24 bits per heavy atom. The molecule has 0 aromatic heterocycles. The van der Waals surface area contributed by atoms with Gasteiger partial charge in [0.15, 0.2) is 0 Å². The molecule has 0 heterocycles. The molecule has 0 saturated heterocycles. The number of hydrogen-bond donors (Lipinski definition) is 1. The Morgan fingerprint density at radius 2 is 1.95 bits per heavy atom. The number of rotatable bonds is 6. The first-order chi connectivity index (χ1) is 10.2. The minimum absolute atomic E-state index is 0.165. The van der Waals surface area contributed by atoms with Gasteiger partial charge in [0.1, 0.15) is 0 Å². The third-order valence-corrected chi connectivity index (χ3v) is 4.18. The topological polar surface area (TPSA) is 58.4 Å². The number of nitro benzene ring substituents is 1. The van der Waals surface area contributed by atoms with Gasteiger partial charge in [0.25, 0.3) is 5.69 Å². The molecular formula is C16H25N3O2. The van der Waals surface area contributed by atoms with Crippen LogP contribution in [0.1, 0.15) is 46.0 Å². The van der Waals surface area contributed by atoms with Crippen LogP contribution in [0.2, 0.25) is 0 Å². The third kappa shape index (κ3) is 3.86. The lowest BCUT2D eigenvalue weighted by molar-refractivity contribution is -0.384. The number of nitro groups is 1. The summed E-state index contributed by atoms with van der Waals surface area (Å²) < 4.78 is 0. The van der Waals surface area contributed by atoms with E-state index >= 15 is 0 Å². The van der Waals surface area contributed by atoms with E-state index < -0.39 is 0 Å². The molecule has 0 radical (unpaired) electrons. The number of non-ortho nitro benzene ring substituents is 1.